The lowest BCUT2D eigenvalue weighted by Gasteiger charge is -2.24. The van der Waals surface area contributed by atoms with E-state index in [0.717, 1.165) is 16.4 Å². The molecule has 5 nitrogen and oxygen atoms in total. The predicted molar refractivity (Wildman–Crippen MR) is 84.3 cm³/mol. The first-order valence-corrected chi connectivity index (χ1v) is 7.88. The molecule has 2 rings (SSSR count). The molecule has 0 bridgehead atoms. The summed E-state index contributed by atoms with van der Waals surface area (Å²) in [7, 11) is 3.75. The number of carbonyl (C=O) groups is 1. The van der Waals surface area contributed by atoms with Crippen LogP contribution in [0.5, 0.6) is 0 Å². The maximum Gasteiger partial charge on any atom is 0.223 e. The Hall–Kier alpha value is -1.69. The standard InChI is InChI=1S/C15H22N4OS/c1-10(15-11(2)21-12(3)17-15)18(4)14(20)7-6-13-8-9-16-19(13)5/h8-10H,6-7H2,1-5H3. The van der Waals surface area contributed by atoms with E-state index >= 15 is 0 Å². The molecule has 1 atom stereocenters. The third-order valence-corrected chi connectivity index (χ3v) is 4.73. The van der Waals surface area contributed by atoms with Crippen LogP contribution in [-0.2, 0) is 18.3 Å². The summed E-state index contributed by atoms with van der Waals surface area (Å²) in [6.45, 7) is 6.09. The van der Waals surface area contributed by atoms with Crippen molar-refractivity contribution in [2.75, 3.05) is 7.05 Å². The van der Waals surface area contributed by atoms with Gasteiger partial charge in [0, 0.05) is 37.3 Å². The van der Waals surface area contributed by atoms with Gasteiger partial charge >= 0.3 is 0 Å². The van der Waals surface area contributed by atoms with Crippen molar-refractivity contribution >= 4 is 17.2 Å². The molecule has 1 amide bonds. The van der Waals surface area contributed by atoms with Gasteiger partial charge in [-0.2, -0.15) is 5.10 Å². The van der Waals surface area contributed by atoms with Crippen LogP contribution in [0.2, 0.25) is 0 Å². The van der Waals surface area contributed by atoms with Gasteiger partial charge in [-0.3, -0.25) is 9.48 Å². The lowest BCUT2D eigenvalue weighted by atomic mass is 10.1. The minimum Gasteiger partial charge on any atom is -0.337 e. The average Bonchev–Trinajstić information content (AvgIpc) is 2.99. The second kappa shape index (κ2) is 6.39. The number of amides is 1. The smallest absolute Gasteiger partial charge is 0.223 e. The largest absolute Gasteiger partial charge is 0.337 e. The molecular formula is C15H22N4OS. The molecule has 0 aliphatic heterocycles. The van der Waals surface area contributed by atoms with E-state index in [0.29, 0.717) is 12.8 Å². The molecule has 2 aromatic rings. The van der Waals surface area contributed by atoms with Gasteiger partial charge in [-0.25, -0.2) is 4.98 Å². The van der Waals surface area contributed by atoms with Crippen LogP contribution >= 0.6 is 11.3 Å². The number of carbonyl (C=O) groups excluding carboxylic acids is 1. The molecule has 2 aromatic heterocycles. The summed E-state index contributed by atoms with van der Waals surface area (Å²) in [4.78, 5) is 19.9. The zero-order valence-corrected chi connectivity index (χ0v) is 14.1. The summed E-state index contributed by atoms with van der Waals surface area (Å²) in [6, 6.07) is 1.96. The minimum absolute atomic E-state index is 0.00832. The van der Waals surface area contributed by atoms with Gasteiger partial charge in [-0.05, 0) is 33.3 Å². The van der Waals surface area contributed by atoms with Crippen LogP contribution in [0.25, 0.3) is 0 Å². The number of aromatic nitrogens is 3. The average molecular weight is 306 g/mol. The third kappa shape index (κ3) is 3.50. The molecule has 0 aliphatic carbocycles. The van der Waals surface area contributed by atoms with Crippen LogP contribution in [0.4, 0.5) is 0 Å². The van der Waals surface area contributed by atoms with Gasteiger partial charge in [-0.15, -0.1) is 11.3 Å². The third-order valence-electron chi connectivity index (χ3n) is 3.83. The highest BCUT2D eigenvalue weighted by Crippen LogP contribution is 2.26. The van der Waals surface area contributed by atoms with E-state index in [4.69, 9.17) is 0 Å². The van der Waals surface area contributed by atoms with E-state index in [1.165, 1.54) is 4.88 Å². The lowest BCUT2D eigenvalue weighted by molar-refractivity contribution is -0.131. The molecule has 114 valence electrons. The van der Waals surface area contributed by atoms with Crippen molar-refractivity contribution in [2.45, 2.75) is 39.7 Å². The first-order valence-electron chi connectivity index (χ1n) is 7.06. The lowest BCUT2D eigenvalue weighted by Crippen LogP contribution is -2.30. The van der Waals surface area contributed by atoms with Crippen molar-refractivity contribution in [1.82, 2.24) is 19.7 Å². The Kier molecular flexibility index (Phi) is 4.77. The summed E-state index contributed by atoms with van der Waals surface area (Å²) in [5.74, 6) is 0.133. The van der Waals surface area contributed by atoms with Crippen molar-refractivity contribution in [3.05, 3.63) is 33.5 Å². The number of nitrogens with zero attached hydrogens (tertiary/aromatic N) is 4. The molecule has 0 aromatic carbocycles. The molecule has 0 fully saturated rings. The molecule has 0 saturated heterocycles. The fourth-order valence-corrected chi connectivity index (χ4v) is 3.30. The van der Waals surface area contributed by atoms with E-state index in [-0.39, 0.29) is 11.9 Å². The first kappa shape index (κ1) is 15.7. The van der Waals surface area contributed by atoms with Gasteiger partial charge < -0.3 is 4.90 Å². The van der Waals surface area contributed by atoms with E-state index in [1.54, 1.807) is 22.4 Å². The Morgan fingerprint density at radius 3 is 2.71 bits per heavy atom. The zero-order valence-electron chi connectivity index (χ0n) is 13.3. The van der Waals surface area contributed by atoms with Crippen molar-refractivity contribution in [2.24, 2.45) is 7.05 Å². The highest BCUT2D eigenvalue weighted by atomic mass is 32.1. The van der Waals surface area contributed by atoms with Gasteiger partial charge in [0.15, 0.2) is 0 Å². The van der Waals surface area contributed by atoms with Gasteiger partial charge in [0.1, 0.15) is 0 Å². The minimum atomic E-state index is 0.00832. The normalized spacial score (nSPS) is 12.4. The molecule has 2 heterocycles. The summed E-state index contributed by atoms with van der Waals surface area (Å²) in [6.07, 6.45) is 2.96. The second-order valence-electron chi connectivity index (χ2n) is 5.30. The Morgan fingerprint density at radius 1 is 1.48 bits per heavy atom. The van der Waals surface area contributed by atoms with Crippen LogP contribution in [-0.4, -0.2) is 32.6 Å². The molecule has 21 heavy (non-hydrogen) atoms. The SMILES string of the molecule is Cc1nc(C(C)N(C)C(=O)CCc2ccnn2C)c(C)s1. The summed E-state index contributed by atoms with van der Waals surface area (Å²) >= 11 is 1.68. The van der Waals surface area contributed by atoms with E-state index in [2.05, 4.69) is 17.0 Å². The van der Waals surface area contributed by atoms with Crippen LogP contribution in [0.1, 0.15) is 40.7 Å². The number of hydrogen-bond acceptors (Lipinski definition) is 4. The molecular weight excluding hydrogens is 284 g/mol. The Bertz CT molecular complexity index is 631. The molecule has 1 unspecified atom stereocenters. The topological polar surface area (TPSA) is 51.0 Å². The maximum absolute atomic E-state index is 12.4. The van der Waals surface area contributed by atoms with Gasteiger partial charge in [-0.1, -0.05) is 0 Å². The van der Waals surface area contributed by atoms with Crippen molar-refractivity contribution < 1.29 is 4.79 Å². The predicted octanol–water partition coefficient (Wildman–Crippen LogP) is 2.65. The van der Waals surface area contributed by atoms with Crippen LogP contribution in [0, 0.1) is 13.8 Å². The first-order chi connectivity index (χ1) is 9.90. The quantitative estimate of drug-likeness (QED) is 0.853. The van der Waals surface area contributed by atoms with Crippen molar-refractivity contribution in [3.8, 4) is 0 Å². The van der Waals surface area contributed by atoms with Crippen LogP contribution < -0.4 is 0 Å². The molecule has 0 N–H and O–H groups in total. The number of thiazole rings is 1. The second-order valence-corrected chi connectivity index (χ2v) is 6.71. The van der Waals surface area contributed by atoms with Crippen LogP contribution in [0.15, 0.2) is 12.3 Å². The highest BCUT2D eigenvalue weighted by Gasteiger charge is 2.21. The summed E-state index contributed by atoms with van der Waals surface area (Å²) < 4.78 is 1.81. The van der Waals surface area contributed by atoms with Gasteiger partial charge in [0.25, 0.3) is 0 Å². The van der Waals surface area contributed by atoms with Crippen LogP contribution in [0.3, 0.4) is 0 Å². The zero-order chi connectivity index (χ0) is 15.6. The Balaban J connectivity index is 1.98. The van der Waals surface area contributed by atoms with Crippen molar-refractivity contribution in [1.29, 1.82) is 0 Å². The summed E-state index contributed by atoms with van der Waals surface area (Å²) in [5.41, 5.74) is 2.08. The molecule has 0 saturated carbocycles. The fourth-order valence-electron chi connectivity index (χ4n) is 2.39. The molecule has 6 heteroatoms. The van der Waals surface area contributed by atoms with E-state index < -0.39 is 0 Å². The number of aryl methyl sites for hydroxylation is 4. The van der Waals surface area contributed by atoms with E-state index in [1.807, 2.05) is 38.7 Å². The fraction of sp³-hybridized carbons (Fsp3) is 0.533. The monoisotopic (exact) mass is 306 g/mol. The molecule has 0 aliphatic rings. The van der Waals surface area contributed by atoms with Gasteiger partial charge in [0.05, 0.1) is 16.7 Å². The highest BCUT2D eigenvalue weighted by molar-refractivity contribution is 7.11. The number of hydrogen-bond donors (Lipinski definition) is 0. The Labute approximate surface area is 129 Å². The van der Waals surface area contributed by atoms with E-state index in [9.17, 15) is 4.79 Å². The van der Waals surface area contributed by atoms with Gasteiger partial charge in [0.2, 0.25) is 5.91 Å². The maximum atomic E-state index is 12.4. The Morgan fingerprint density at radius 2 is 2.19 bits per heavy atom. The molecule has 0 radical (unpaired) electrons. The number of rotatable bonds is 5. The molecule has 0 spiro atoms. The van der Waals surface area contributed by atoms with Crippen molar-refractivity contribution in [3.63, 3.8) is 0 Å². The summed E-state index contributed by atoms with van der Waals surface area (Å²) in [5, 5.41) is 5.17.